The number of aromatic nitrogens is 1. The van der Waals surface area contributed by atoms with Gasteiger partial charge in [-0.25, -0.2) is 4.98 Å². The zero-order valence-corrected chi connectivity index (χ0v) is 16.0. The molecular formula is C21H32N4O. The van der Waals surface area contributed by atoms with Crippen LogP contribution < -0.4 is 10.2 Å². The van der Waals surface area contributed by atoms with E-state index in [4.69, 9.17) is 0 Å². The van der Waals surface area contributed by atoms with E-state index in [2.05, 4.69) is 33.6 Å². The van der Waals surface area contributed by atoms with Gasteiger partial charge in [-0.15, -0.1) is 6.58 Å². The number of anilines is 1. The van der Waals surface area contributed by atoms with Crippen molar-refractivity contribution in [3.63, 3.8) is 0 Å². The molecule has 26 heavy (non-hydrogen) atoms. The van der Waals surface area contributed by atoms with Crippen molar-refractivity contribution in [1.29, 1.82) is 0 Å². The Labute approximate surface area is 157 Å². The number of amides is 1. The van der Waals surface area contributed by atoms with E-state index in [9.17, 15) is 4.79 Å². The molecular weight excluding hydrogens is 324 g/mol. The van der Waals surface area contributed by atoms with E-state index in [-0.39, 0.29) is 5.91 Å². The van der Waals surface area contributed by atoms with Crippen molar-refractivity contribution < 1.29 is 4.79 Å². The first-order valence-corrected chi connectivity index (χ1v) is 9.98. The normalized spacial score (nSPS) is 22.2. The van der Waals surface area contributed by atoms with Gasteiger partial charge in [-0.1, -0.05) is 13.0 Å². The Morgan fingerprint density at radius 3 is 2.81 bits per heavy atom. The van der Waals surface area contributed by atoms with Crippen LogP contribution in [0.4, 0.5) is 5.82 Å². The van der Waals surface area contributed by atoms with E-state index >= 15 is 0 Å². The standard InChI is InChI=1S/C21H32N4O/c1-3-10-22-21(26)19-6-7-20(23-14-19)25-11-4-5-18(16-25)15-24-12-8-17(2)9-13-24/h3,6-7,14,17-18H,1,4-5,8-13,15-16H2,2H3,(H,22,26). The van der Waals surface area contributed by atoms with Crippen LogP contribution in [0.1, 0.15) is 43.0 Å². The molecule has 5 nitrogen and oxygen atoms in total. The Kier molecular flexibility index (Phi) is 6.67. The van der Waals surface area contributed by atoms with E-state index in [1.165, 1.54) is 45.3 Å². The van der Waals surface area contributed by atoms with Gasteiger partial charge in [-0.05, 0) is 62.7 Å². The minimum Gasteiger partial charge on any atom is -0.356 e. The highest BCUT2D eigenvalue weighted by molar-refractivity contribution is 5.94. The minimum atomic E-state index is -0.0974. The quantitative estimate of drug-likeness (QED) is 0.796. The molecule has 3 rings (SSSR count). The Hall–Kier alpha value is -1.88. The van der Waals surface area contributed by atoms with Crippen molar-refractivity contribution in [1.82, 2.24) is 15.2 Å². The highest BCUT2D eigenvalue weighted by Crippen LogP contribution is 2.24. The van der Waals surface area contributed by atoms with Crippen LogP contribution in [0.2, 0.25) is 0 Å². The van der Waals surface area contributed by atoms with Crippen LogP contribution in [-0.4, -0.2) is 55.1 Å². The Morgan fingerprint density at radius 2 is 2.12 bits per heavy atom. The summed E-state index contributed by atoms with van der Waals surface area (Å²) in [7, 11) is 0. The van der Waals surface area contributed by atoms with Crippen LogP contribution in [0.25, 0.3) is 0 Å². The highest BCUT2D eigenvalue weighted by Gasteiger charge is 2.24. The summed E-state index contributed by atoms with van der Waals surface area (Å²) < 4.78 is 0. The van der Waals surface area contributed by atoms with Gasteiger partial charge in [-0.2, -0.15) is 0 Å². The number of nitrogens with zero attached hydrogens (tertiary/aromatic N) is 3. The topological polar surface area (TPSA) is 48.5 Å². The molecule has 2 saturated heterocycles. The second kappa shape index (κ2) is 9.17. The van der Waals surface area contributed by atoms with Gasteiger partial charge >= 0.3 is 0 Å². The minimum absolute atomic E-state index is 0.0974. The summed E-state index contributed by atoms with van der Waals surface area (Å²) in [5.41, 5.74) is 0.603. The molecule has 1 unspecified atom stereocenters. The van der Waals surface area contributed by atoms with E-state index in [1.807, 2.05) is 12.1 Å². The SMILES string of the molecule is C=CCNC(=O)c1ccc(N2CCCC(CN3CCC(C)CC3)C2)nc1. The number of hydrogen-bond donors (Lipinski definition) is 1. The fourth-order valence-corrected chi connectivity index (χ4v) is 4.01. The number of piperidine rings is 2. The molecule has 0 saturated carbocycles. The van der Waals surface area contributed by atoms with Crippen molar-refractivity contribution in [3.05, 3.63) is 36.5 Å². The largest absolute Gasteiger partial charge is 0.356 e. The first kappa shape index (κ1) is 18.9. The second-order valence-corrected chi connectivity index (χ2v) is 7.84. The Bertz CT molecular complexity index is 593. The lowest BCUT2D eigenvalue weighted by Crippen LogP contribution is -2.43. The molecule has 0 aliphatic carbocycles. The van der Waals surface area contributed by atoms with Crippen molar-refractivity contribution in [2.24, 2.45) is 11.8 Å². The third kappa shape index (κ3) is 5.07. The van der Waals surface area contributed by atoms with Crippen LogP contribution in [0.5, 0.6) is 0 Å². The average molecular weight is 357 g/mol. The van der Waals surface area contributed by atoms with Crippen LogP contribution in [0.3, 0.4) is 0 Å². The highest BCUT2D eigenvalue weighted by atomic mass is 16.1. The van der Waals surface area contributed by atoms with Gasteiger partial charge in [0.15, 0.2) is 0 Å². The zero-order chi connectivity index (χ0) is 18.4. The van der Waals surface area contributed by atoms with Crippen LogP contribution in [0.15, 0.2) is 31.0 Å². The average Bonchev–Trinajstić information content (AvgIpc) is 2.68. The van der Waals surface area contributed by atoms with E-state index in [1.54, 1.807) is 12.3 Å². The first-order chi connectivity index (χ1) is 12.7. The molecule has 0 radical (unpaired) electrons. The maximum absolute atomic E-state index is 12.0. The lowest BCUT2D eigenvalue weighted by molar-refractivity contribution is 0.0957. The number of hydrogen-bond acceptors (Lipinski definition) is 4. The Balaban J connectivity index is 1.53. The number of pyridine rings is 1. The number of carbonyl (C=O) groups excluding carboxylic acids is 1. The summed E-state index contributed by atoms with van der Waals surface area (Å²) in [6, 6.07) is 3.85. The number of nitrogens with one attached hydrogen (secondary N) is 1. The summed E-state index contributed by atoms with van der Waals surface area (Å²) in [6.45, 7) is 12.3. The fraction of sp³-hybridized carbons (Fsp3) is 0.619. The van der Waals surface area contributed by atoms with Crippen molar-refractivity contribution >= 4 is 11.7 Å². The monoisotopic (exact) mass is 356 g/mol. The number of likely N-dealkylation sites (tertiary alicyclic amines) is 1. The maximum atomic E-state index is 12.0. The molecule has 2 aliphatic rings. The summed E-state index contributed by atoms with van der Waals surface area (Å²) in [5.74, 6) is 2.50. The van der Waals surface area contributed by atoms with Gasteiger partial charge in [0, 0.05) is 32.4 Å². The van der Waals surface area contributed by atoms with Crippen molar-refractivity contribution in [3.8, 4) is 0 Å². The van der Waals surface area contributed by atoms with Crippen LogP contribution in [0, 0.1) is 11.8 Å². The van der Waals surface area contributed by atoms with Crippen LogP contribution in [-0.2, 0) is 0 Å². The molecule has 1 amide bonds. The van der Waals surface area contributed by atoms with E-state index < -0.39 is 0 Å². The molecule has 2 fully saturated rings. The third-order valence-electron chi connectivity index (χ3n) is 5.65. The first-order valence-electron chi connectivity index (χ1n) is 9.98. The fourth-order valence-electron chi connectivity index (χ4n) is 4.01. The molecule has 1 aromatic rings. The molecule has 1 aromatic heterocycles. The third-order valence-corrected chi connectivity index (χ3v) is 5.65. The second-order valence-electron chi connectivity index (χ2n) is 7.84. The summed E-state index contributed by atoms with van der Waals surface area (Å²) >= 11 is 0. The van der Waals surface area contributed by atoms with Gasteiger partial charge in [0.1, 0.15) is 5.82 Å². The van der Waals surface area contributed by atoms with Gasteiger partial charge < -0.3 is 15.1 Å². The van der Waals surface area contributed by atoms with Gasteiger partial charge in [0.2, 0.25) is 0 Å². The maximum Gasteiger partial charge on any atom is 0.253 e. The van der Waals surface area contributed by atoms with Gasteiger partial charge in [-0.3, -0.25) is 4.79 Å². The molecule has 0 aromatic carbocycles. The van der Waals surface area contributed by atoms with Crippen molar-refractivity contribution in [2.45, 2.75) is 32.6 Å². The Morgan fingerprint density at radius 1 is 1.31 bits per heavy atom. The van der Waals surface area contributed by atoms with Gasteiger partial charge in [0.25, 0.3) is 5.91 Å². The molecule has 5 heteroatoms. The molecule has 0 spiro atoms. The lowest BCUT2D eigenvalue weighted by atomic mass is 9.94. The molecule has 2 aliphatic heterocycles. The van der Waals surface area contributed by atoms with E-state index in [0.29, 0.717) is 12.1 Å². The molecule has 142 valence electrons. The summed E-state index contributed by atoms with van der Waals surface area (Å²) in [4.78, 5) is 21.5. The van der Waals surface area contributed by atoms with Gasteiger partial charge in [0.05, 0.1) is 5.56 Å². The van der Waals surface area contributed by atoms with Crippen LogP contribution >= 0.6 is 0 Å². The molecule has 0 bridgehead atoms. The smallest absolute Gasteiger partial charge is 0.253 e. The molecule has 3 heterocycles. The predicted octanol–water partition coefficient (Wildman–Crippen LogP) is 2.95. The summed E-state index contributed by atoms with van der Waals surface area (Å²) in [6.07, 6.45) is 8.57. The lowest BCUT2D eigenvalue weighted by Gasteiger charge is -2.38. The summed E-state index contributed by atoms with van der Waals surface area (Å²) in [5, 5.41) is 2.79. The number of rotatable bonds is 6. The predicted molar refractivity (Wildman–Crippen MR) is 107 cm³/mol. The zero-order valence-electron chi connectivity index (χ0n) is 16.0. The van der Waals surface area contributed by atoms with E-state index in [0.717, 1.165) is 30.7 Å². The molecule has 1 N–H and O–H groups in total. The number of carbonyl (C=O) groups is 1. The molecule has 1 atom stereocenters. The van der Waals surface area contributed by atoms with Crippen molar-refractivity contribution in [2.75, 3.05) is 44.2 Å².